The fraction of sp³-hybridized carbons (Fsp3) is 0.462. The van der Waals surface area contributed by atoms with Crippen molar-refractivity contribution in [3.63, 3.8) is 0 Å². The highest BCUT2D eigenvalue weighted by Crippen LogP contribution is 2.18. The molecule has 0 aromatic carbocycles. The fourth-order valence-electron chi connectivity index (χ4n) is 2.43. The third-order valence-electron chi connectivity index (χ3n) is 3.58. The molecule has 0 fully saturated rings. The van der Waals surface area contributed by atoms with Crippen molar-refractivity contribution in [1.29, 1.82) is 0 Å². The van der Waals surface area contributed by atoms with Crippen LogP contribution in [-0.4, -0.2) is 31.4 Å². The highest BCUT2D eigenvalue weighted by Gasteiger charge is 2.19. The molecular formula is C13H18N6. The summed E-state index contributed by atoms with van der Waals surface area (Å²) < 4.78 is 0. The number of aromatic amines is 1. The Balaban J connectivity index is 1.73. The fourth-order valence-corrected chi connectivity index (χ4v) is 2.43. The Labute approximate surface area is 112 Å². The molecule has 3 rings (SSSR count). The summed E-state index contributed by atoms with van der Waals surface area (Å²) in [6.07, 6.45) is 2.75. The third kappa shape index (κ3) is 2.44. The van der Waals surface area contributed by atoms with Crippen molar-refractivity contribution >= 4 is 5.95 Å². The number of hydrogen-bond acceptors (Lipinski definition) is 5. The SMILES string of the molecule is Cc1nc(CN2CCc3nc(N)ncc3C2)[nH]c1C. The number of nitrogens with one attached hydrogen (secondary N) is 1. The molecule has 0 amide bonds. The van der Waals surface area contributed by atoms with Crippen LogP contribution in [-0.2, 0) is 19.5 Å². The lowest BCUT2D eigenvalue weighted by atomic mass is 10.1. The van der Waals surface area contributed by atoms with Crippen molar-refractivity contribution in [2.24, 2.45) is 0 Å². The summed E-state index contributed by atoms with van der Waals surface area (Å²) in [5.74, 6) is 1.39. The van der Waals surface area contributed by atoms with Crippen LogP contribution in [0.1, 0.15) is 28.5 Å². The predicted octanol–water partition coefficient (Wildman–Crippen LogP) is 0.957. The van der Waals surface area contributed by atoms with E-state index in [2.05, 4.69) is 24.8 Å². The zero-order chi connectivity index (χ0) is 13.4. The predicted molar refractivity (Wildman–Crippen MR) is 72.3 cm³/mol. The molecule has 0 unspecified atom stereocenters. The van der Waals surface area contributed by atoms with E-state index in [0.29, 0.717) is 5.95 Å². The number of anilines is 1. The first kappa shape index (κ1) is 12.1. The van der Waals surface area contributed by atoms with Gasteiger partial charge in [-0.05, 0) is 13.8 Å². The van der Waals surface area contributed by atoms with Crippen LogP contribution in [0.3, 0.4) is 0 Å². The van der Waals surface area contributed by atoms with Crippen molar-refractivity contribution in [1.82, 2.24) is 24.8 Å². The summed E-state index contributed by atoms with van der Waals surface area (Å²) in [7, 11) is 0. The van der Waals surface area contributed by atoms with E-state index >= 15 is 0 Å². The van der Waals surface area contributed by atoms with E-state index in [-0.39, 0.29) is 0 Å². The average Bonchev–Trinajstić information content (AvgIpc) is 2.68. The molecule has 19 heavy (non-hydrogen) atoms. The number of nitrogens with two attached hydrogens (primary N) is 1. The smallest absolute Gasteiger partial charge is 0.220 e. The summed E-state index contributed by atoms with van der Waals surface area (Å²) >= 11 is 0. The van der Waals surface area contributed by atoms with E-state index in [4.69, 9.17) is 5.73 Å². The van der Waals surface area contributed by atoms with Gasteiger partial charge in [0.1, 0.15) is 5.82 Å². The zero-order valence-electron chi connectivity index (χ0n) is 11.3. The Morgan fingerprint density at radius 3 is 2.95 bits per heavy atom. The van der Waals surface area contributed by atoms with Gasteiger partial charge < -0.3 is 10.7 Å². The van der Waals surface area contributed by atoms with Gasteiger partial charge in [-0.1, -0.05) is 0 Å². The normalized spacial score (nSPS) is 15.5. The first-order chi connectivity index (χ1) is 9.11. The van der Waals surface area contributed by atoms with Crippen LogP contribution in [0.25, 0.3) is 0 Å². The Hall–Kier alpha value is -1.95. The number of hydrogen-bond donors (Lipinski definition) is 2. The Morgan fingerprint density at radius 2 is 2.21 bits per heavy atom. The standard InChI is InChI=1S/C13H18N6/c1-8-9(2)17-12(16-8)7-19-4-3-11-10(6-19)5-15-13(14)18-11/h5H,3-4,6-7H2,1-2H3,(H,16,17)(H2,14,15,18). The number of imidazole rings is 1. The minimum Gasteiger partial charge on any atom is -0.368 e. The molecule has 2 aromatic heterocycles. The minimum atomic E-state index is 0.365. The van der Waals surface area contributed by atoms with E-state index < -0.39 is 0 Å². The van der Waals surface area contributed by atoms with Gasteiger partial charge in [0.2, 0.25) is 5.95 Å². The molecule has 0 saturated heterocycles. The summed E-state index contributed by atoms with van der Waals surface area (Å²) in [6.45, 7) is 6.74. The molecule has 2 aromatic rings. The third-order valence-corrected chi connectivity index (χ3v) is 3.58. The molecule has 0 spiro atoms. The molecule has 0 aliphatic carbocycles. The summed E-state index contributed by atoms with van der Waals surface area (Å²) in [5, 5.41) is 0. The second-order valence-electron chi connectivity index (χ2n) is 5.05. The quantitative estimate of drug-likeness (QED) is 0.838. The Kier molecular flexibility index (Phi) is 2.94. The molecule has 6 heteroatoms. The van der Waals surface area contributed by atoms with Crippen molar-refractivity contribution in [3.05, 3.63) is 34.7 Å². The first-order valence-electron chi connectivity index (χ1n) is 6.46. The van der Waals surface area contributed by atoms with Crippen LogP contribution in [0.5, 0.6) is 0 Å². The maximum atomic E-state index is 5.61. The number of nitrogens with zero attached hydrogens (tertiary/aromatic N) is 4. The average molecular weight is 258 g/mol. The maximum absolute atomic E-state index is 5.61. The minimum absolute atomic E-state index is 0.365. The molecular weight excluding hydrogens is 240 g/mol. The van der Waals surface area contributed by atoms with E-state index in [1.54, 1.807) is 0 Å². The Morgan fingerprint density at radius 1 is 1.37 bits per heavy atom. The van der Waals surface area contributed by atoms with Gasteiger partial charge in [-0.15, -0.1) is 0 Å². The molecule has 0 saturated carbocycles. The van der Waals surface area contributed by atoms with E-state index in [0.717, 1.165) is 49.0 Å². The molecule has 3 N–H and O–H groups in total. The topological polar surface area (TPSA) is 83.7 Å². The molecule has 1 aliphatic heterocycles. The van der Waals surface area contributed by atoms with E-state index in [1.807, 2.05) is 20.0 Å². The van der Waals surface area contributed by atoms with Crippen LogP contribution in [0.2, 0.25) is 0 Å². The maximum Gasteiger partial charge on any atom is 0.220 e. The lowest BCUT2D eigenvalue weighted by molar-refractivity contribution is 0.237. The summed E-state index contributed by atoms with van der Waals surface area (Å²) in [5.41, 5.74) is 10.1. The number of nitrogen functional groups attached to an aromatic ring is 1. The van der Waals surface area contributed by atoms with Gasteiger partial charge >= 0.3 is 0 Å². The zero-order valence-corrected chi connectivity index (χ0v) is 11.3. The molecule has 6 nitrogen and oxygen atoms in total. The van der Waals surface area contributed by atoms with Gasteiger partial charge in [0.05, 0.1) is 17.9 Å². The molecule has 0 radical (unpaired) electrons. The monoisotopic (exact) mass is 258 g/mol. The van der Waals surface area contributed by atoms with Gasteiger partial charge in [0.25, 0.3) is 0 Å². The number of aromatic nitrogens is 4. The number of rotatable bonds is 2. The summed E-state index contributed by atoms with van der Waals surface area (Å²) in [4.78, 5) is 18.6. The molecule has 0 bridgehead atoms. The molecule has 1 aliphatic rings. The van der Waals surface area contributed by atoms with Gasteiger partial charge in [-0.25, -0.2) is 15.0 Å². The largest absolute Gasteiger partial charge is 0.368 e. The van der Waals surface area contributed by atoms with Gasteiger partial charge in [0, 0.05) is 37.0 Å². The molecule has 100 valence electrons. The number of fused-ring (bicyclic) bond motifs is 1. The van der Waals surface area contributed by atoms with E-state index in [9.17, 15) is 0 Å². The van der Waals surface area contributed by atoms with Crippen LogP contribution < -0.4 is 5.73 Å². The van der Waals surface area contributed by atoms with Crippen LogP contribution >= 0.6 is 0 Å². The van der Waals surface area contributed by atoms with Gasteiger partial charge in [0.15, 0.2) is 0 Å². The number of H-pyrrole nitrogens is 1. The van der Waals surface area contributed by atoms with Crippen LogP contribution in [0, 0.1) is 13.8 Å². The van der Waals surface area contributed by atoms with Crippen molar-refractivity contribution < 1.29 is 0 Å². The lowest BCUT2D eigenvalue weighted by Gasteiger charge is -2.26. The number of aryl methyl sites for hydroxylation is 2. The second kappa shape index (κ2) is 4.62. The van der Waals surface area contributed by atoms with Crippen molar-refractivity contribution in [2.75, 3.05) is 12.3 Å². The summed E-state index contributed by atoms with van der Waals surface area (Å²) in [6, 6.07) is 0. The van der Waals surface area contributed by atoms with Gasteiger partial charge in [-0.2, -0.15) is 0 Å². The highest BCUT2D eigenvalue weighted by atomic mass is 15.2. The molecule has 0 atom stereocenters. The highest BCUT2D eigenvalue weighted by molar-refractivity contribution is 5.27. The second-order valence-corrected chi connectivity index (χ2v) is 5.05. The van der Waals surface area contributed by atoms with Crippen molar-refractivity contribution in [2.45, 2.75) is 33.4 Å². The first-order valence-corrected chi connectivity index (χ1v) is 6.46. The Bertz CT molecular complexity index is 584. The lowest BCUT2D eigenvalue weighted by Crippen LogP contribution is -2.31. The van der Waals surface area contributed by atoms with Crippen molar-refractivity contribution in [3.8, 4) is 0 Å². The van der Waals surface area contributed by atoms with E-state index in [1.165, 1.54) is 5.56 Å². The molecule has 3 heterocycles. The van der Waals surface area contributed by atoms with Crippen LogP contribution in [0.4, 0.5) is 5.95 Å². The van der Waals surface area contributed by atoms with Crippen LogP contribution in [0.15, 0.2) is 6.20 Å². The van der Waals surface area contributed by atoms with Gasteiger partial charge in [-0.3, -0.25) is 4.90 Å².